The minimum atomic E-state index is -0.488. The van der Waals surface area contributed by atoms with Crippen molar-refractivity contribution in [1.29, 1.82) is 0 Å². The molecule has 0 saturated carbocycles. The summed E-state index contributed by atoms with van der Waals surface area (Å²) in [5, 5.41) is 10.5. The van der Waals surface area contributed by atoms with Crippen LogP contribution in [-0.4, -0.2) is 52.9 Å². The molecule has 2 aromatic rings. The molecule has 0 bridgehead atoms. The van der Waals surface area contributed by atoms with E-state index in [4.69, 9.17) is 23.7 Å². The number of aliphatic hydroxyl groups is 1. The molecule has 0 aliphatic heterocycles. The lowest BCUT2D eigenvalue weighted by atomic mass is 10.0. The minimum Gasteiger partial charge on any atom is -0.493 e. The van der Waals surface area contributed by atoms with Crippen LogP contribution in [0.1, 0.15) is 24.0 Å². The van der Waals surface area contributed by atoms with E-state index in [-0.39, 0.29) is 6.10 Å². The van der Waals surface area contributed by atoms with Gasteiger partial charge in [0, 0.05) is 13.5 Å². The van der Waals surface area contributed by atoms with Crippen molar-refractivity contribution in [1.82, 2.24) is 0 Å². The predicted molar refractivity (Wildman–Crippen MR) is 118 cm³/mol. The van der Waals surface area contributed by atoms with Crippen LogP contribution in [0.15, 0.2) is 42.5 Å². The van der Waals surface area contributed by atoms with E-state index in [9.17, 15) is 5.11 Å². The van der Waals surface area contributed by atoms with E-state index in [0.717, 1.165) is 17.5 Å². The summed E-state index contributed by atoms with van der Waals surface area (Å²) in [5.74, 6) is 2.74. The highest BCUT2D eigenvalue weighted by molar-refractivity contribution is 5.56. The van der Waals surface area contributed by atoms with Gasteiger partial charge >= 0.3 is 0 Å². The molecule has 0 aliphatic carbocycles. The number of benzene rings is 2. The average Bonchev–Trinajstić information content (AvgIpc) is 2.79. The van der Waals surface area contributed by atoms with Gasteiger partial charge in [-0.3, -0.25) is 0 Å². The quantitative estimate of drug-likeness (QED) is 0.561. The van der Waals surface area contributed by atoms with E-state index in [0.29, 0.717) is 35.8 Å². The van der Waals surface area contributed by atoms with Crippen molar-refractivity contribution in [2.45, 2.75) is 31.5 Å². The maximum absolute atomic E-state index is 10.5. The molecule has 0 amide bonds. The Morgan fingerprint density at radius 2 is 1.40 bits per heavy atom. The number of hydrogen-bond acceptors (Lipinski definition) is 6. The van der Waals surface area contributed by atoms with Crippen molar-refractivity contribution in [3.8, 4) is 23.0 Å². The maximum atomic E-state index is 10.5. The van der Waals surface area contributed by atoms with Gasteiger partial charge in [-0.15, -0.1) is 0 Å². The Bertz CT molecular complexity index is 817. The summed E-state index contributed by atoms with van der Waals surface area (Å²) in [6.07, 6.45) is 5.08. The summed E-state index contributed by atoms with van der Waals surface area (Å²) in [7, 11) is 8.09. The Morgan fingerprint density at radius 1 is 0.800 bits per heavy atom. The summed E-state index contributed by atoms with van der Waals surface area (Å²) in [5.41, 5.74) is 2.05. The van der Waals surface area contributed by atoms with Crippen molar-refractivity contribution < 1.29 is 28.8 Å². The molecule has 0 heterocycles. The fraction of sp³-hybridized carbons (Fsp3) is 0.417. The van der Waals surface area contributed by atoms with Crippen LogP contribution in [0.2, 0.25) is 0 Å². The molecule has 0 fully saturated rings. The zero-order valence-corrected chi connectivity index (χ0v) is 18.4. The number of aryl methyl sites for hydroxylation is 1. The van der Waals surface area contributed by atoms with E-state index in [1.807, 2.05) is 48.6 Å². The van der Waals surface area contributed by atoms with Crippen molar-refractivity contribution >= 4 is 6.08 Å². The van der Waals surface area contributed by atoms with Gasteiger partial charge in [0.05, 0.1) is 40.6 Å². The van der Waals surface area contributed by atoms with E-state index in [1.54, 1.807) is 35.5 Å². The number of aliphatic hydroxyl groups excluding tert-OH is 1. The molecule has 30 heavy (non-hydrogen) atoms. The Balaban J connectivity index is 1.93. The average molecular weight is 417 g/mol. The minimum absolute atomic E-state index is 0.196. The zero-order valence-electron chi connectivity index (χ0n) is 18.4. The lowest BCUT2D eigenvalue weighted by molar-refractivity contribution is 0.0685. The second-order valence-electron chi connectivity index (χ2n) is 6.87. The molecule has 2 rings (SSSR count). The molecule has 0 spiro atoms. The number of rotatable bonds is 12. The highest BCUT2D eigenvalue weighted by atomic mass is 16.5. The first kappa shape index (κ1) is 23.6. The van der Waals surface area contributed by atoms with Crippen LogP contribution in [-0.2, 0) is 11.2 Å². The van der Waals surface area contributed by atoms with Crippen LogP contribution < -0.4 is 18.9 Å². The maximum Gasteiger partial charge on any atom is 0.161 e. The molecule has 1 N–H and O–H groups in total. The first-order chi connectivity index (χ1) is 14.5. The van der Waals surface area contributed by atoms with Crippen LogP contribution in [0, 0.1) is 0 Å². The van der Waals surface area contributed by atoms with Gasteiger partial charge in [-0.05, 0) is 48.2 Å². The summed E-state index contributed by atoms with van der Waals surface area (Å²) in [6.45, 7) is 0. The van der Waals surface area contributed by atoms with Gasteiger partial charge in [-0.1, -0.05) is 24.3 Å². The molecule has 0 unspecified atom stereocenters. The van der Waals surface area contributed by atoms with Gasteiger partial charge in [0.15, 0.2) is 23.0 Å². The van der Waals surface area contributed by atoms with Gasteiger partial charge in [0.1, 0.15) is 0 Å². The molecular weight excluding hydrogens is 384 g/mol. The zero-order chi connectivity index (χ0) is 21.9. The second kappa shape index (κ2) is 12.1. The van der Waals surface area contributed by atoms with Crippen LogP contribution >= 0.6 is 0 Å². The van der Waals surface area contributed by atoms with E-state index >= 15 is 0 Å². The number of ether oxygens (including phenoxy) is 5. The molecule has 6 nitrogen and oxygen atoms in total. The summed E-state index contributed by atoms with van der Waals surface area (Å²) < 4.78 is 26.7. The van der Waals surface area contributed by atoms with E-state index in [2.05, 4.69) is 0 Å². The molecular formula is C24H32O6. The van der Waals surface area contributed by atoms with E-state index in [1.165, 1.54) is 0 Å². The van der Waals surface area contributed by atoms with Gasteiger partial charge < -0.3 is 28.8 Å². The third-order valence-electron chi connectivity index (χ3n) is 4.93. The highest BCUT2D eigenvalue weighted by Gasteiger charge is 2.13. The molecule has 0 saturated heterocycles. The Morgan fingerprint density at radius 3 is 2.00 bits per heavy atom. The van der Waals surface area contributed by atoms with E-state index < -0.39 is 6.10 Å². The van der Waals surface area contributed by atoms with Gasteiger partial charge in [0.2, 0.25) is 0 Å². The first-order valence-corrected chi connectivity index (χ1v) is 9.86. The molecule has 0 aliphatic rings. The summed E-state index contributed by atoms with van der Waals surface area (Å²) in [6, 6.07) is 11.5. The van der Waals surface area contributed by atoms with Crippen LogP contribution in [0.5, 0.6) is 23.0 Å². The van der Waals surface area contributed by atoms with Crippen LogP contribution in [0.3, 0.4) is 0 Å². The largest absolute Gasteiger partial charge is 0.493 e. The summed E-state index contributed by atoms with van der Waals surface area (Å²) >= 11 is 0. The monoisotopic (exact) mass is 416 g/mol. The standard InChI is InChI=1S/C24H32O6/c1-26-20(11-7-18-9-13-22(28-3)24(15-18)30-5)16-19(25)10-6-17-8-12-21(27-2)23(14-17)29-4/h7-9,11-15,19-20,25H,6,10,16H2,1-5H3/b11-7+/t19-,20-/m0/s1. The lowest BCUT2D eigenvalue weighted by Gasteiger charge is -2.17. The van der Waals surface area contributed by atoms with Crippen molar-refractivity contribution in [2.75, 3.05) is 35.5 Å². The predicted octanol–water partition coefficient (Wildman–Crippen LogP) is 4.13. The number of hydrogen-bond donors (Lipinski definition) is 1. The SMILES string of the molecule is COc1ccc(/C=C/[C@@H](C[C@@H](O)CCc2ccc(OC)c(OC)c2)OC)cc1OC. The highest BCUT2D eigenvalue weighted by Crippen LogP contribution is 2.29. The number of methoxy groups -OCH3 is 5. The molecule has 0 aromatic heterocycles. The van der Waals surface area contributed by atoms with Crippen molar-refractivity contribution in [3.63, 3.8) is 0 Å². The van der Waals surface area contributed by atoms with Crippen molar-refractivity contribution in [2.24, 2.45) is 0 Å². The third-order valence-corrected chi connectivity index (χ3v) is 4.93. The molecule has 164 valence electrons. The Hall–Kier alpha value is -2.70. The normalized spacial score (nSPS) is 13.1. The van der Waals surface area contributed by atoms with Gasteiger partial charge in [-0.25, -0.2) is 0 Å². The molecule has 6 heteroatoms. The smallest absolute Gasteiger partial charge is 0.161 e. The lowest BCUT2D eigenvalue weighted by Crippen LogP contribution is -2.18. The summed E-state index contributed by atoms with van der Waals surface area (Å²) in [4.78, 5) is 0. The second-order valence-corrected chi connectivity index (χ2v) is 6.87. The Kier molecular flexibility index (Phi) is 9.51. The molecule has 2 aromatic carbocycles. The first-order valence-electron chi connectivity index (χ1n) is 9.86. The third kappa shape index (κ3) is 6.68. The fourth-order valence-electron chi connectivity index (χ4n) is 3.18. The topological polar surface area (TPSA) is 66.4 Å². The molecule has 0 radical (unpaired) electrons. The molecule has 2 atom stereocenters. The van der Waals surface area contributed by atoms with Crippen molar-refractivity contribution in [3.05, 3.63) is 53.6 Å². The fourth-order valence-corrected chi connectivity index (χ4v) is 3.18. The van der Waals surface area contributed by atoms with Gasteiger partial charge in [-0.2, -0.15) is 0 Å². The van der Waals surface area contributed by atoms with Gasteiger partial charge in [0.25, 0.3) is 0 Å². The van der Waals surface area contributed by atoms with Crippen LogP contribution in [0.25, 0.3) is 6.08 Å². The Labute approximate surface area is 179 Å². The van der Waals surface area contributed by atoms with Crippen LogP contribution in [0.4, 0.5) is 0 Å².